The van der Waals surface area contributed by atoms with E-state index >= 15 is 0 Å². The van der Waals surface area contributed by atoms with Gasteiger partial charge in [-0.15, -0.1) is 0 Å². The van der Waals surface area contributed by atoms with Gasteiger partial charge in [-0.3, -0.25) is 9.59 Å². The van der Waals surface area contributed by atoms with Crippen molar-refractivity contribution < 1.29 is 23.9 Å². The standard InChI is InChI=1S/C21H20N2O5S/c1-13-4-9-16-17(12-13)29-21(23(16)11-10-18(24)27-2)22-19(25)14-5-7-15(8-6-14)20(26)28-3/h4-9,12H,10-11H2,1-3H3. The normalized spacial score (nSPS) is 11.5. The predicted molar refractivity (Wildman–Crippen MR) is 109 cm³/mol. The number of methoxy groups -OCH3 is 2. The number of carbonyl (C=O) groups excluding carboxylic acids is 3. The van der Waals surface area contributed by atoms with Gasteiger partial charge in [0.25, 0.3) is 5.91 Å². The van der Waals surface area contributed by atoms with E-state index < -0.39 is 11.9 Å². The topological polar surface area (TPSA) is 87.0 Å². The molecule has 0 fully saturated rings. The number of esters is 2. The highest BCUT2D eigenvalue weighted by atomic mass is 32.1. The van der Waals surface area contributed by atoms with Crippen molar-refractivity contribution in [2.75, 3.05) is 14.2 Å². The number of hydrogen-bond acceptors (Lipinski definition) is 6. The molecule has 150 valence electrons. The van der Waals surface area contributed by atoms with Gasteiger partial charge in [-0.2, -0.15) is 4.99 Å². The number of ether oxygens (including phenoxy) is 2. The molecule has 0 N–H and O–H groups in total. The first-order valence-corrected chi connectivity index (χ1v) is 9.69. The summed E-state index contributed by atoms with van der Waals surface area (Å²) < 4.78 is 12.2. The molecule has 0 unspecified atom stereocenters. The second-order valence-corrected chi connectivity index (χ2v) is 7.33. The quantitative estimate of drug-likeness (QED) is 0.601. The molecule has 0 aliphatic carbocycles. The average molecular weight is 412 g/mol. The van der Waals surface area contributed by atoms with Gasteiger partial charge in [-0.1, -0.05) is 17.4 Å². The van der Waals surface area contributed by atoms with Crippen LogP contribution in [0.15, 0.2) is 47.5 Å². The average Bonchev–Trinajstić information content (AvgIpc) is 3.07. The third-order valence-electron chi connectivity index (χ3n) is 4.36. The molecule has 29 heavy (non-hydrogen) atoms. The zero-order valence-electron chi connectivity index (χ0n) is 16.3. The highest BCUT2D eigenvalue weighted by Crippen LogP contribution is 2.19. The Morgan fingerprint density at radius 1 is 1.00 bits per heavy atom. The van der Waals surface area contributed by atoms with Gasteiger partial charge >= 0.3 is 11.9 Å². The third-order valence-corrected chi connectivity index (χ3v) is 5.40. The fourth-order valence-electron chi connectivity index (χ4n) is 2.81. The van der Waals surface area contributed by atoms with Crippen molar-refractivity contribution in [3.8, 4) is 0 Å². The lowest BCUT2D eigenvalue weighted by Crippen LogP contribution is -2.19. The molecule has 0 spiro atoms. The molecule has 3 rings (SSSR count). The molecule has 0 saturated carbocycles. The van der Waals surface area contributed by atoms with Gasteiger partial charge in [0.15, 0.2) is 4.80 Å². The van der Waals surface area contributed by atoms with Crippen molar-refractivity contribution in [2.24, 2.45) is 4.99 Å². The van der Waals surface area contributed by atoms with Crippen LogP contribution in [0.25, 0.3) is 10.2 Å². The minimum Gasteiger partial charge on any atom is -0.469 e. The predicted octanol–water partition coefficient (Wildman–Crippen LogP) is 3.10. The van der Waals surface area contributed by atoms with Crippen LogP contribution < -0.4 is 4.80 Å². The zero-order valence-corrected chi connectivity index (χ0v) is 17.1. The molecule has 1 heterocycles. The minimum absolute atomic E-state index is 0.172. The van der Waals surface area contributed by atoms with Gasteiger partial charge in [0.1, 0.15) is 0 Å². The summed E-state index contributed by atoms with van der Waals surface area (Å²) in [6.45, 7) is 2.34. The first kappa shape index (κ1) is 20.5. The molecular weight excluding hydrogens is 392 g/mol. The van der Waals surface area contributed by atoms with Gasteiger partial charge in [-0.05, 0) is 48.9 Å². The van der Waals surface area contributed by atoms with Crippen LogP contribution in [0.4, 0.5) is 0 Å². The van der Waals surface area contributed by atoms with E-state index in [9.17, 15) is 14.4 Å². The number of thiazole rings is 1. The van der Waals surface area contributed by atoms with Crippen molar-refractivity contribution in [2.45, 2.75) is 19.9 Å². The van der Waals surface area contributed by atoms with E-state index in [0.717, 1.165) is 15.8 Å². The number of amides is 1. The van der Waals surface area contributed by atoms with E-state index in [0.29, 0.717) is 22.5 Å². The van der Waals surface area contributed by atoms with Gasteiger partial charge in [-0.25, -0.2) is 4.79 Å². The Morgan fingerprint density at radius 3 is 2.34 bits per heavy atom. The van der Waals surface area contributed by atoms with Crippen molar-refractivity contribution in [1.29, 1.82) is 0 Å². The third kappa shape index (κ3) is 4.60. The summed E-state index contributed by atoms with van der Waals surface area (Å²) in [4.78, 5) is 40.6. The Bertz CT molecular complexity index is 1140. The van der Waals surface area contributed by atoms with Gasteiger partial charge in [0.05, 0.1) is 36.4 Å². The lowest BCUT2D eigenvalue weighted by Gasteiger charge is -2.05. The number of aryl methyl sites for hydroxylation is 2. The molecule has 0 bridgehead atoms. The SMILES string of the molecule is COC(=O)CCn1c(=NC(=O)c2ccc(C(=O)OC)cc2)sc2cc(C)ccc21. The first-order chi connectivity index (χ1) is 13.9. The molecule has 0 atom stereocenters. The van der Waals surface area contributed by atoms with Gasteiger partial charge < -0.3 is 14.0 Å². The van der Waals surface area contributed by atoms with Crippen molar-refractivity contribution >= 4 is 39.4 Å². The molecule has 0 radical (unpaired) electrons. The fraction of sp³-hybridized carbons (Fsp3) is 0.238. The van der Waals surface area contributed by atoms with E-state index in [1.54, 1.807) is 0 Å². The van der Waals surface area contributed by atoms with Gasteiger partial charge in [0, 0.05) is 12.1 Å². The van der Waals surface area contributed by atoms with E-state index in [1.165, 1.54) is 49.8 Å². The Labute approximate surface area is 171 Å². The number of carbonyl (C=O) groups is 3. The summed E-state index contributed by atoms with van der Waals surface area (Å²) in [6.07, 6.45) is 0.172. The van der Waals surface area contributed by atoms with Crippen LogP contribution in [-0.4, -0.2) is 36.6 Å². The Hall–Kier alpha value is -3.26. The maximum Gasteiger partial charge on any atom is 0.337 e. The molecule has 3 aromatic rings. The molecule has 2 aromatic carbocycles. The molecule has 8 heteroatoms. The first-order valence-electron chi connectivity index (χ1n) is 8.87. The van der Waals surface area contributed by atoms with Crippen LogP contribution in [0.5, 0.6) is 0 Å². The van der Waals surface area contributed by atoms with Crippen LogP contribution in [0.1, 0.15) is 32.7 Å². The number of benzene rings is 2. The van der Waals surface area contributed by atoms with E-state index in [1.807, 2.05) is 29.7 Å². The Morgan fingerprint density at radius 2 is 1.69 bits per heavy atom. The molecule has 1 aromatic heterocycles. The van der Waals surface area contributed by atoms with Crippen LogP contribution in [-0.2, 0) is 20.8 Å². The number of nitrogens with zero attached hydrogens (tertiary/aromatic N) is 2. The fourth-order valence-corrected chi connectivity index (χ4v) is 3.96. The molecular formula is C21H20N2O5S. The van der Waals surface area contributed by atoms with E-state index in [2.05, 4.69) is 9.73 Å². The highest BCUT2D eigenvalue weighted by Gasteiger charge is 2.12. The lowest BCUT2D eigenvalue weighted by atomic mass is 10.1. The maximum absolute atomic E-state index is 12.7. The number of hydrogen-bond donors (Lipinski definition) is 0. The smallest absolute Gasteiger partial charge is 0.337 e. The largest absolute Gasteiger partial charge is 0.469 e. The van der Waals surface area contributed by atoms with Crippen LogP contribution in [0.3, 0.4) is 0 Å². The van der Waals surface area contributed by atoms with Crippen LogP contribution >= 0.6 is 11.3 Å². The number of aromatic nitrogens is 1. The summed E-state index contributed by atoms with van der Waals surface area (Å²) in [5.41, 5.74) is 2.70. The summed E-state index contributed by atoms with van der Waals surface area (Å²) in [6, 6.07) is 12.1. The maximum atomic E-state index is 12.7. The summed E-state index contributed by atoms with van der Waals surface area (Å²) in [5.74, 6) is -1.24. The number of rotatable bonds is 5. The Balaban J connectivity index is 2.00. The summed E-state index contributed by atoms with van der Waals surface area (Å²) in [5, 5.41) is 0. The summed E-state index contributed by atoms with van der Waals surface area (Å²) >= 11 is 1.38. The van der Waals surface area contributed by atoms with Crippen LogP contribution in [0.2, 0.25) is 0 Å². The zero-order chi connectivity index (χ0) is 21.0. The monoisotopic (exact) mass is 412 g/mol. The van der Waals surface area contributed by atoms with E-state index in [4.69, 9.17) is 4.74 Å². The van der Waals surface area contributed by atoms with Gasteiger partial charge in [0.2, 0.25) is 0 Å². The molecule has 0 aliphatic rings. The highest BCUT2D eigenvalue weighted by molar-refractivity contribution is 7.16. The summed E-state index contributed by atoms with van der Waals surface area (Å²) in [7, 11) is 2.64. The van der Waals surface area contributed by atoms with Crippen LogP contribution in [0, 0.1) is 6.92 Å². The Kier molecular flexibility index (Phi) is 6.23. The second kappa shape index (κ2) is 8.83. The van der Waals surface area contributed by atoms with Crippen molar-refractivity contribution in [1.82, 2.24) is 4.57 Å². The molecule has 7 nitrogen and oxygen atoms in total. The second-order valence-electron chi connectivity index (χ2n) is 6.32. The molecule has 0 aliphatic heterocycles. The molecule has 1 amide bonds. The minimum atomic E-state index is -0.471. The van der Waals surface area contributed by atoms with E-state index in [-0.39, 0.29) is 12.4 Å². The molecule has 0 saturated heterocycles. The number of fused-ring (bicyclic) bond motifs is 1. The van der Waals surface area contributed by atoms with Crippen molar-refractivity contribution in [3.63, 3.8) is 0 Å². The lowest BCUT2D eigenvalue weighted by molar-refractivity contribution is -0.140. The van der Waals surface area contributed by atoms with Crippen molar-refractivity contribution in [3.05, 3.63) is 64.0 Å².